The summed E-state index contributed by atoms with van der Waals surface area (Å²) in [6, 6.07) is 7.72. The molecule has 19 nitrogen and oxygen atoms in total. The summed E-state index contributed by atoms with van der Waals surface area (Å²) in [6.45, 7) is 1.64. The predicted octanol–water partition coefficient (Wildman–Crippen LogP) is -0.923. The third kappa shape index (κ3) is 8.64. The molecular formula is C34H40O19. The standard InChI is InChI=1S/C34H40O19/c1-13-23(40)26(43)28(45)32(49-13)53-31-27(44)24(41)19(12-48-21(39)11-34(2,46)10-20(37)38)51-33(31)52-30-25(42)22-17(36)8-16(47-3)9-18(22)50-29(30)14-4-6-15(35)7-5-14/h4-9,13,19,23-24,26-28,31-33,35-36,40-41,43-46H,10-12H2,1-3H3,(H,37,38)/t13-,19+,23-,24-,26+,27-,28+,31+,32-,33-,34-/m0/s1. The van der Waals surface area contributed by atoms with Gasteiger partial charge >= 0.3 is 11.9 Å². The number of esters is 1. The first-order valence-electron chi connectivity index (χ1n) is 16.2. The lowest BCUT2D eigenvalue weighted by Gasteiger charge is -2.45. The first-order chi connectivity index (χ1) is 24.9. The number of aromatic hydroxyl groups is 2. The Bertz CT molecular complexity index is 1840. The van der Waals surface area contributed by atoms with E-state index >= 15 is 0 Å². The molecule has 2 aromatic carbocycles. The molecule has 3 heterocycles. The molecule has 2 aliphatic heterocycles. The van der Waals surface area contributed by atoms with E-state index in [4.69, 9.17) is 37.9 Å². The molecule has 2 saturated heterocycles. The zero-order valence-corrected chi connectivity index (χ0v) is 28.5. The van der Waals surface area contributed by atoms with Gasteiger partial charge in [0.05, 0.1) is 31.7 Å². The van der Waals surface area contributed by atoms with E-state index in [1.54, 1.807) is 0 Å². The van der Waals surface area contributed by atoms with Crippen molar-refractivity contribution >= 4 is 22.9 Å². The Kier molecular flexibility index (Phi) is 11.8. The molecule has 0 aliphatic carbocycles. The Morgan fingerprint density at radius 3 is 2.21 bits per heavy atom. The first-order valence-corrected chi connectivity index (χ1v) is 16.2. The average Bonchev–Trinajstić information content (AvgIpc) is 3.08. The van der Waals surface area contributed by atoms with Crippen molar-refractivity contribution in [3.05, 3.63) is 46.6 Å². The van der Waals surface area contributed by atoms with Gasteiger partial charge in [0, 0.05) is 17.7 Å². The van der Waals surface area contributed by atoms with Crippen molar-refractivity contribution in [3.63, 3.8) is 0 Å². The quantitative estimate of drug-likeness (QED) is 0.101. The van der Waals surface area contributed by atoms with Gasteiger partial charge in [0.2, 0.25) is 17.5 Å². The number of hydrogen-bond acceptors (Lipinski definition) is 18. The summed E-state index contributed by atoms with van der Waals surface area (Å²) in [5.74, 6) is -4.03. The number of phenols is 2. The minimum atomic E-state index is -2.04. The smallest absolute Gasteiger partial charge is 0.308 e. The van der Waals surface area contributed by atoms with Crippen LogP contribution >= 0.6 is 0 Å². The van der Waals surface area contributed by atoms with E-state index in [9.17, 15) is 55.2 Å². The maximum absolute atomic E-state index is 14.1. The third-order valence-corrected chi connectivity index (χ3v) is 8.72. The number of carbonyl (C=O) groups is 2. The molecule has 2 fully saturated rings. The number of hydrogen-bond donors (Lipinski definition) is 9. The number of aliphatic carboxylic acids is 1. The summed E-state index contributed by atoms with van der Waals surface area (Å²) in [4.78, 5) is 37.7. The monoisotopic (exact) mass is 752 g/mol. The van der Waals surface area contributed by atoms with Crippen LogP contribution in [0.3, 0.4) is 0 Å². The van der Waals surface area contributed by atoms with E-state index in [0.29, 0.717) is 0 Å². The average molecular weight is 753 g/mol. The molecular weight excluding hydrogens is 712 g/mol. The number of carboxylic acid groups (broad SMARTS) is 1. The zero-order valence-electron chi connectivity index (χ0n) is 28.5. The second kappa shape index (κ2) is 15.8. The lowest BCUT2D eigenvalue weighted by Crippen LogP contribution is -2.64. The number of carboxylic acids is 1. The second-order valence-corrected chi connectivity index (χ2v) is 13.0. The number of rotatable bonds is 12. The summed E-state index contributed by atoms with van der Waals surface area (Å²) in [5.41, 5.74) is -2.98. The van der Waals surface area contributed by atoms with Crippen LogP contribution in [0.5, 0.6) is 23.0 Å². The van der Waals surface area contributed by atoms with Gasteiger partial charge in [0.25, 0.3) is 0 Å². The number of benzene rings is 2. The topological polar surface area (TPSA) is 302 Å². The number of methoxy groups -OCH3 is 1. The van der Waals surface area contributed by atoms with E-state index in [2.05, 4.69) is 0 Å². The van der Waals surface area contributed by atoms with Gasteiger partial charge in [-0.3, -0.25) is 14.4 Å². The van der Waals surface area contributed by atoms with Gasteiger partial charge in [-0.1, -0.05) is 0 Å². The van der Waals surface area contributed by atoms with Gasteiger partial charge in [-0.15, -0.1) is 0 Å². The maximum Gasteiger partial charge on any atom is 0.308 e. The Morgan fingerprint density at radius 1 is 0.887 bits per heavy atom. The van der Waals surface area contributed by atoms with Gasteiger partial charge in [-0.05, 0) is 38.1 Å². The molecule has 290 valence electrons. The normalized spacial score (nSPS) is 30.0. The molecule has 3 aromatic rings. The van der Waals surface area contributed by atoms with Crippen molar-refractivity contribution < 1.29 is 88.4 Å². The first kappa shape index (κ1) is 39.6. The summed E-state index contributed by atoms with van der Waals surface area (Å²) in [7, 11) is 1.32. The van der Waals surface area contributed by atoms with Gasteiger partial charge in [-0.2, -0.15) is 0 Å². The molecule has 1 aromatic heterocycles. The lowest BCUT2D eigenvalue weighted by molar-refractivity contribution is -0.354. The van der Waals surface area contributed by atoms with Crippen molar-refractivity contribution in [2.45, 2.75) is 93.7 Å². The lowest BCUT2D eigenvalue weighted by atomic mass is 9.97. The number of fused-ring (bicyclic) bond motifs is 1. The van der Waals surface area contributed by atoms with E-state index in [1.165, 1.54) is 44.4 Å². The summed E-state index contributed by atoms with van der Waals surface area (Å²) in [5, 5.41) is 93.2. The number of aliphatic hydroxyl groups excluding tert-OH is 5. The molecule has 2 aliphatic rings. The largest absolute Gasteiger partial charge is 0.508 e. The maximum atomic E-state index is 14.1. The molecule has 19 heteroatoms. The molecule has 11 atom stereocenters. The van der Waals surface area contributed by atoms with Crippen LogP contribution in [0.2, 0.25) is 0 Å². The Morgan fingerprint density at radius 2 is 1.57 bits per heavy atom. The van der Waals surface area contributed by atoms with Crippen LogP contribution in [-0.4, -0.2) is 139 Å². The number of aliphatic hydroxyl groups is 6. The van der Waals surface area contributed by atoms with Crippen molar-refractivity contribution in [2.24, 2.45) is 0 Å². The van der Waals surface area contributed by atoms with Gasteiger partial charge in [0.15, 0.2) is 18.2 Å². The SMILES string of the molecule is COc1cc(O)c2c(=O)c(O[C@@H]3O[C@H](COC(=O)C[C@@](C)(O)CC(=O)O)[C@H](O)[C@H](O)[C@H]3O[C@@H]3O[C@@H](C)[C@H](O)[C@@H](O)[C@H]3O)c(-c3ccc(O)cc3)oc2c1. The van der Waals surface area contributed by atoms with Gasteiger partial charge < -0.3 is 78.8 Å². The highest BCUT2D eigenvalue weighted by atomic mass is 16.8. The molecule has 53 heavy (non-hydrogen) atoms. The number of carbonyl (C=O) groups excluding carboxylic acids is 1. The zero-order chi connectivity index (χ0) is 38.9. The molecule has 0 bridgehead atoms. The van der Waals surface area contributed by atoms with Crippen LogP contribution in [0.15, 0.2) is 45.6 Å². The Hall–Kier alpha value is -4.57. The highest BCUT2D eigenvalue weighted by molar-refractivity contribution is 5.88. The molecule has 5 rings (SSSR count). The van der Waals surface area contributed by atoms with Crippen LogP contribution in [0.4, 0.5) is 0 Å². The molecule has 0 unspecified atom stereocenters. The van der Waals surface area contributed by atoms with E-state index in [1.807, 2.05) is 0 Å². The summed E-state index contributed by atoms with van der Waals surface area (Å²) in [6.07, 6.45) is -19.2. The minimum Gasteiger partial charge on any atom is -0.508 e. The fourth-order valence-electron chi connectivity index (χ4n) is 5.89. The van der Waals surface area contributed by atoms with Crippen molar-refractivity contribution in [1.82, 2.24) is 0 Å². The minimum absolute atomic E-state index is 0.124. The highest BCUT2D eigenvalue weighted by Crippen LogP contribution is 2.38. The van der Waals surface area contributed by atoms with Crippen LogP contribution in [-0.2, 0) is 28.5 Å². The molecule has 0 amide bonds. The second-order valence-electron chi connectivity index (χ2n) is 13.0. The Labute approximate surface area is 299 Å². The van der Waals surface area contributed by atoms with E-state index in [-0.39, 0.29) is 33.8 Å². The summed E-state index contributed by atoms with van der Waals surface area (Å²) >= 11 is 0. The van der Waals surface area contributed by atoms with Crippen LogP contribution in [0.1, 0.15) is 26.7 Å². The Balaban J connectivity index is 1.55. The molecule has 0 spiro atoms. The number of phenolic OH excluding ortho intramolecular Hbond substituents is 2. The third-order valence-electron chi connectivity index (χ3n) is 8.72. The molecule has 0 saturated carbocycles. The van der Waals surface area contributed by atoms with E-state index in [0.717, 1.165) is 13.0 Å². The van der Waals surface area contributed by atoms with Crippen molar-refractivity contribution in [1.29, 1.82) is 0 Å². The molecule has 0 radical (unpaired) electrons. The van der Waals surface area contributed by atoms with Gasteiger partial charge in [-0.25, -0.2) is 0 Å². The van der Waals surface area contributed by atoms with Crippen LogP contribution in [0, 0.1) is 0 Å². The number of ether oxygens (including phenoxy) is 6. The van der Waals surface area contributed by atoms with Gasteiger partial charge in [0.1, 0.15) is 71.4 Å². The van der Waals surface area contributed by atoms with Crippen LogP contribution < -0.4 is 14.9 Å². The van der Waals surface area contributed by atoms with Crippen molar-refractivity contribution in [2.75, 3.05) is 13.7 Å². The molecule has 9 N–H and O–H groups in total. The van der Waals surface area contributed by atoms with Crippen molar-refractivity contribution in [3.8, 4) is 34.3 Å². The van der Waals surface area contributed by atoms with E-state index < -0.39 is 115 Å². The fraction of sp³-hybridized carbons (Fsp3) is 0.500. The fourth-order valence-corrected chi connectivity index (χ4v) is 5.89. The highest BCUT2D eigenvalue weighted by Gasteiger charge is 2.51. The summed E-state index contributed by atoms with van der Waals surface area (Å²) < 4.78 is 39.5. The predicted molar refractivity (Wildman–Crippen MR) is 175 cm³/mol. The van der Waals surface area contributed by atoms with Crippen LogP contribution in [0.25, 0.3) is 22.3 Å².